The third kappa shape index (κ3) is 2.17. The Labute approximate surface area is 138 Å². The number of aromatic nitrogens is 3. The molecule has 0 radical (unpaired) electrons. The number of rotatable bonds is 4. The van der Waals surface area contributed by atoms with E-state index in [4.69, 9.17) is 13.9 Å². The molecular weight excluding hydrogens is 334 g/mol. The third-order valence-electron chi connectivity index (χ3n) is 3.53. The summed E-state index contributed by atoms with van der Waals surface area (Å²) in [6.07, 6.45) is 1.70. The lowest BCUT2D eigenvalue weighted by molar-refractivity contribution is 0.0698. The number of nitrogens with zero attached hydrogens (tertiary/aromatic N) is 3. The van der Waals surface area contributed by atoms with E-state index in [-0.39, 0.29) is 5.56 Å². The van der Waals surface area contributed by atoms with Gasteiger partial charge in [0.1, 0.15) is 17.0 Å². The number of fused-ring (bicyclic) bond motifs is 2. The lowest BCUT2D eigenvalue weighted by Gasteiger charge is -2.01. The van der Waals surface area contributed by atoms with Gasteiger partial charge in [-0.25, -0.2) is 14.3 Å². The number of hydrogen-bond acceptors (Lipinski definition) is 7. The first-order chi connectivity index (χ1) is 11.6. The molecule has 122 valence electrons. The Morgan fingerprint density at radius 3 is 2.79 bits per heavy atom. The van der Waals surface area contributed by atoms with Gasteiger partial charge in [0.15, 0.2) is 5.76 Å². The summed E-state index contributed by atoms with van der Waals surface area (Å²) < 4.78 is 17.5. The Morgan fingerprint density at radius 1 is 1.29 bits per heavy atom. The molecule has 8 nitrogen and oxygen atoms in total. The fourth-order valence-corrected chi connectivity index (χ4v) is 3.12. The van der Waals surface area contributed by atoms with Gasteiger partial charge in [-0.1, -0.05) is 0 Å². The first-order valence-electron chi connectivity index (χ1n) is 6.84. The van der Waals surface area contributed by atoms with E-state index in [2.05, 4.69) is 10.1 Å². The molecule has 1 aromatic carbocycles. The van der Waals surface area contributed by atoms with Crippen LogP contribution in [0.15, 0.2) is 28.8 Å². The summed E-state index contributed by atoms with van der Waals surface area (Å²) in [6, 6.07) is 4.76. The molecule has 0 aliphatic heterocycles. The third-order valence-corrected chi connectivity index (χ3v) is 4.41. The second kappa shape index (κ2) is 5.24. The number of benzene rings is 1. The fourth-order valence-electron chi connectivity index (χ4n) is 2.42. The zero-order valence-electron chi connectivity index (χ0n) is 12.6. The number of furan rings is 1. The quantitative estimate of drug-likeness (QED) is 0.607. The van der Waals surface area contributed by atoms with Crippen LogP contribution >= 0.6 is 11.3 Å². The molecule has 0 aliphatic rings. The van der Waals surface area contributed by atoms with Crippen LogP contribution in [0.2, 0.25) is 0 Å². The van der Waals surface area contributed by atoms with Gasteiger partial charge in [-0.15, -0.1) is 5.10 Å². The van der Waals surface area contributed by atoms with Crippen LogP contribution in [0.1, 0.15) is 10.4 Å². The van der Waals surface area contributed by atoms with E-state index in [1.807, 2.05) is 0 Å². The molecule has 24 heavy (non-hydrogen) atoms. The summed E-state index contributed by atoms with van der Waals surface area (Å²) in [6.45, 7) is 0. The molecule has 0 bridgehead atoms. The summed E-state index contributed by atoms with van der Waals surface area (Å²) >= 11 is 1.30. The first kappa shape index (κ1) is 14.5. The van der Waals surface area contributed by atoms with Crippen molar-refractivity contribution in [2.45, 2.75) is 0 Å². The summed E-state index contributed by atoms with van der Waals surface area (Å²) in [7, 11) is 3.01. The first-order valence-corrected chi connectivity index (χ1v) is 7.66. The lowest BCUT2D eigenvalue weighted by Crippen LogP contribution is -1.97. The second-order valence-electron chi connectivity index (χ2n) is 4.93. The molecule has 0 amide bonds. The Morgan fingerprint density at radius 2 is 2.12 bits per heavy atom. The number of hydrogen-bond donors (Lipinski definition) is 1. The molecule has 3 heterocycles. The standard InChI is InChI=1S/C15H11N3O5S/c1-21-7-3-9(13(19)20)8-5-12(23-11(8)4-7)10-6-18-14(16-10)24-15(17-18)22-2/h3-6H,1-2H3,(H,19,20). The molecule has 0 saturated heterocycles. The van der Waals surface area contributed by atoms with Crippen molar-refractivity contribution in [2.24, 2.45) is 0 Å². The molecule has 0 atom stereocenters. The van der Waals surface area contributed by atoms with Gasteiger partial charge >= 0.3 is 5.97 Å². The molecule has 0 saturated carbocycles. The molecule has 0 aliphatic carbocycles. The number of ether oxygens (including phenoxy) is 2. The predicted octanol–water partition coefficient (Wildman–Crippen LogP) is 2.92. The smallest absolute Gasteiger partial charge is 0.336 e. The zero-order valence-corrected chi connectivity index (χ0v) is 13.5. The van der Waals surface area contributed by atoms with Crippen molar-refractivity contribution < 1.29 is 23.8 Å². The SMILES string of the molecule is COc1cc(C(=O)O)c2cc(-c3cn4nc(OC)sc4n3)oc2c1. The van der Waals surface area contributed by atoms with Gasteiger partial charge < -0.3 is 19.0 Å². The summed E-state index contributed by atoms with van der Waals surface area (Å²) in [5.74, 6) is -0.182. The summed E-state index contributed by atoms with van der Waals surface area (Å²) in [4.78, 5) is 16.5. The van der Waals surface area contributed by atoms with Gasteiger partial charge in [-0.2, -0.15) is 0 Å². The van der Waals surface area contributed by atoms with Gasteiger partial charge in [-0.05, 0) is 23.5 Å². The van der Waals surface area contributed by atoms with E-state index in [0.717, 1.165) is 0 Å². The highest BCUT2D eigenvalue weighted by Gasteiger charge is 2.18. The van der Waals surface area contributed by atoms with Crippen LogP contribution in [0.25, 0.3) is 27.4 Å². The molecular formula is C15H11N3O5S. The van der Waals surface area contributed by atoms with Crippen LogP contribution < -0.4 is 9.47 Å². The number of carbonyl (C=O) groups is 1. The van der Waals surface area contributed by atoms with Crippen LogP contribution in [0.3, 0.4) is 0 Å². The average Bonchev–Trinajstić information content (AvgIpc) is 3.24. The van der Waals surface area contributed by atoms with Gasteiger partial charge in [0.2, 0.25) is 4.96 Å². The molecule has 1 N–H and O–H groups in total. The highest BCUT2D eigenvalue weighted by molar-refractivity contribution is 7.18. The van der Waals surface area contributed by atoms with E-state index in [1.54, 1.807) is 30.0 Å². The zero-order chi connectivity index (χ0) is 16.8. The van der Waals surface area contributed by atoms with Crippen LogP contribution in [0, 0.1) is 0 Å². The Bertz CT molecular complexity index is 1050. The Balaban J connectivity index is 1.87. The van der Waals surface area contributed by atoms with Gasteiger partial charge in [-0.3, -0.25) is 0 Å². The number of methoxy groups -OCH3 is 2. The molecule has 0 unspecified atom stereocenters. The summed E-state index contributed by atoms with van der Waals surface area (Å²) in [5.41, 5.74) is 1.09. The second-order valence-corrected chi connectivity index (χ2v) is 5.85. The topological polar surface area (TPSA) is 99.1 Å². The normalized spacial score (nSPS) is 11.2. The van der Waals surface area contributed by atoms with Crippen molar-refractivity contribution in [3.63, 3.8) is 0 Å². The van der Waals surface area contributed by atoms with Crippen molar-refractivity contribution in [3.8, 4) is 22.4 Å². The van der Waals surface area contributed by atoms with Gasteiger partial charge in [0.05, 0.1) is 26.0 Å². The predicted molar refractivity (Wildman–Crippen MR) is 86.1 cm³/mol. The maximum Gasteiger partial charge on any atom is 0.336 e. The Kier molecular flexibility index (Phi) is 3.17. The van der Waals surface area contributed by atoms with Gasteiger partial charge in [0.25, 0.3) is 5.19 Å². The lowest BCUT2D eigenvalue weighted by atomic mass is 10.1. The molecule has 9 heteroatoms. The van der Waals surface area contributed by atoms with Crippen LogP contribution in [-0.2, 0) is 0 Å². The maximum atomic E-state index is 11.5. The van der Waals surface area contributed by atoms with Gasteiger partial charge in [0, 0.05) is 11.5 Å². The summed E-state index contributed by atoms with van der Waals surface area (Å²) in [5, 5.41) is 14.6. The highest BCUT2D eigenvalue weighted by atomic mass is 32.1. The minimum Gasteiger partial charge on any atom is -0.497 e. The minimum absolute atomic E-state index is 0.111. The monoisotopic (exact) mass is 345 g/mol. The average molecular weight is 345 g/mol. The van der Waals surface area contributed by atoms with Crippen LogP contribution in [0.5, 0.6) is 10.9 Å². The van der Waals surface area contributed by atoms with Crippen molar-refractivity contribution in [1.82, 2.24) is 14.6 Å². The van der Waals surface area contributed by atoms with Crippen LogP contribution in [-0.4, -0.2) is 39.9 Å². The molecule has 4 rings (SSSR count). The number of aromatic carboxylic acids is 1. The molecule has 0 spiro atoms. The fraction of sp³-hybridized carbons (Fsp3) is 0.133. The van der Waals surface area contributed by atoms with E-state index in [1.165, 1.54) is 24.5 Å². The van der Waals surface area contributed by atoms with E-state index in [9.17, 15) is 9.90 Å². The van der Waals surface area contributed by atoms with E-state index < -0.39 is 5.97 Å². The van der Waals surface area contributed by atoms with Crippen molar-refractivity contribution in [3.05, 3.63) is 30.0 Å². The van der Waals surface area contributed by atoms with Crippen molar-refractivity contribution in [2.75, 3.05) is 14.2 Å². The molecule has 0 fully saturated rings. The largest absolute Gasteiger partial charge is 0.497 e. The van der Waals surface area contributed by atoms with Crippen molar-refractivity contribution in [1.29, 1.82) is 0 Å². The van der Waals surface area contributed by atoms with Crippen molar-refractivity contribution >= 4 is 33.2 Å². The molecule has 3 aromatic heterocycles. The van der Waals surface area contributed by atoms with Crippen LogP contribution in [0.4, 0.5) is 0 Å². The number of carboxylic acid groups (broad SMARTS) is 1. The number of imidazole rings is 1. The Hall–Kier alpha value is -3.07. The van der Waals surface area contributed by atoms with E-state index >= 15 is 0 Å². The number of carboxylic acids is 1. The van der Waals surface area contributed by atoms with E-state index in [0.29, 0.717) is 38.3 Å². The highest BCUT2D eigenvalue weighted by Crippen LogP contribution is 2.33. The maximum absolute atomic E-state index is 11.5. The minimum atomic E-state index is -1.05. The molecule has 4 aromatic rings.